The fraction of sp³-hybridized carbons (Fsp3) is 0.533. The number of carbonyl (C=O) groups is 1. The summed E-state index contributed by atoms with van der Waals surface area (Å²) in [6.45, 7) is 3.94. The largest absolute Gasteiger partial charge is 0.478 e. The molecule has 3 nitrogen and oxygen atoms in total. The first kappa shape index (κ1) is 15.7. The van der Waals surface area contributed by atoms with Crippen LogP contribution in [0.4, 0.5) is 18.9 Å². The summed E-state index contributed by atoms with van der Waals surface area (Å²) in [5.41, 5.74) is -0.846. The lowest BCUT2D eigenvalue weighted by molar-refractivity contribution is -0.137. The maximum Gasteiger partial charge on any atom is 0.416 e. The lowest BCUT2D eigenvalue weighted by Crippen LogP contribution is -2.44. The molecule has 2 atom stereocenters. The smallest absolute Gasteiger partial charge is 0.416 e. The SMILES string of the molecule is C[C@@H]1CCC[C@H](C)N1c1ccc(C(F)(F)F)cc1C(=O)O. The Bertz CT molecular complexity index is 532. The van der Waals surface area contributed by atoms with Crippen molar-refractivity contribution < 1.29 is 23.1 Å². The lowest BCUT2D eigenvalue weighted by atomic mass is 9.95. The number of hydrogen-bond acceptors (Lipinski definition) is 2. The van der Waals surface area contributed by atoms with Gasteiger partial charge in [0.05, 0.1) is 16.8 Å². The van der Waals surface area contributed by atoms with Gasteiger partial charge in [-0.25, -0.2) is 4.79 Å². The molecule has 0 aromatic heterocycles. The zero-order valence-electron chi connectivity index (χ0n) is 11.9. The molecule has 0 amide bonds. The number of alkyl halides is 3. The Morgan fingerprint density at radius 2 is 1.81 bits per heavy atom. The van der Waals surface area contributed by atoms with E-state index in [1.807, 2.05) is 18.7 Å². The number of nitrogens with zero attached hydrogens (tertiary/aromatic N) is 1. The van der Waals surface area contributed by atoms with Gasteiger partial charge in [0.1, 0.15) is 0 Å². The molecular formula is C15H18F3NO2. The highest BCUT2D eigenvalue weighted by Crippen LogP contribution is 2.36. The normalized spacial score (nSPS) is 23.2. The standard InChI is InChI=1S/C15H18F3NO2/c1-9-4-3-5-10(2)19(9)13-7-6-11(15(16,17)18)8-12(13)14(20)21/h6-10H,3-5H2,1-2H3,(H,20,21)/t9-,10+. The van der Waals surface area contributed by atoms with Crippen LogP contribution in [0, 0.1) is 0 Å². The van der Waals surface area contributed by atoms with Crippen molar-refractivity contribution in [1.82, 2.24) is 0 Å². The van der Waals surface area contributed by atoms with E-state index >= 15 is 0 Å². The second-order valence-electron chi connectivity index (χ2n) is 5.57. The number of aromatic carboxylic acids is 1. The van der Waals surface area contributed by atoms with Crippen molar-refractivity contribution in [2.75, 3.05) is 4.90 Å². The minimum absolute atomic E-state index is 0.114. The molecule has 1 heterocycles. The Hall–Kier alpha value is -1.72. The molecular weight excluding hydrogens is 283 g/mol. The van der Waals surface area contributed by atoms with Gasteiger partial charge >= 0.3 is 12.1 Å². The van der Waals surface area contributed by atoms with Gasteiger partial charge in [-0.2, -0.15) is 13.2 Å². The second-order valence-corrected chi connectivity index (χ2v) is 5.57. The lowest BCUT2D eigenvalue weighted by Gasteiger charge is -2.41. The maximum atomic E-state index is 12.8. The average molecular weight is 301 g/mol. The molecule has 1 fully saturated rings. The van der Waals surface area contributed by atoms with E-state index in [1.165, 1.54) is 6.07 Å². The van der Waals surface area contributed by atoms with Crippen molar-refractivity contribution in [2.45, 2.75) is 51.4 Å². The Morgan fingerprint density at radius 1 is 1.24 bits per heavy atom. The summed E-state index contributed by atoms with van der Waals surface area (Å²) < 4.78 is 38.3. The second kappa shape index (κ2) is 5.58. The van der Waals surface area contributed by atoms with E-state index in [9.17, 15) is 23.1 Å². The van der Waals surface area contributed by atoms with Crippen LogP contribution in [0.15, 0.2) is 18.2 Å². The van der Waals surface area contributed by atoms with Crippen LogP contribution in [0.25, 0.3) is 0 Å². The number of piperidine rings is 1. The first-order chi connectivity index (χ1) is 9.71. The van der Waals surface area contributed by atoms with Crippen molar-refractivity contribution in [3.05, 3.63) is 29.3 Å². The van der Waals surface area contributed by atoms with Crippen molar-refractivity contribution in [2.24, 2.45) is 0 Å². The third kappa shape index (κ3) is 3.14. The van der Waals surface area contributed by atoms with E-state index in [0.717, 1.165) is 31.4 Å². The van der Waals surface area contributed by atoms with Crippen LogP contribution in [0.2, 0.25) is 0 Å². The van der Waals surface area contributed by atoms with Crippen LogP contribution in [-0.2, 0) is 6.18 Å². The molecule has 21 heavy (non-hydrogen) atoms. The van der Waals surface area contributed by atoms with Crippen LogP contribution in [0.3, 0.4) is 0 Å². The summed E-state index contributed by atoms with van der Waals surface area (Å²) in [5, 5.41) is 9.26. The van der Waals surface area contributed by atoms with Gasteiger partial charge < -0.3 is 10.0 Å². The van der Waals surface area contributed by atoms with Crippen LogP contribution >= 0.6 is 0 Å². The van der Waals surface area contributed by atoms with Gasteiger partial charge in [-0.3, -0.25) is 0 Å². The predicted molar refractivity (Wildman–Crippen MR) is 73.7 cm³/mol. The van der Waals surface area contributed by atoms with Gasteiger partial charge in [0.25, 0.3) is 0 Å². The number of anilines is 1. The van der Waals surface area contributed by atoms with E-state index in [0.29, 0.717) is 5.69 Å². The zero-order valence-corrected chi connectivity index (χ0v) is 11.9. The fourth-order valence-electron chi connectivity index (χ4n) is 3.00. The maximum absolute atomic E-state index is 12.8. The van der Waals surface area contributed by atoms with Gasteiger partial charge in [-0.15, -0.1) is 0 Å². The molecule has 0 spiro atoms. The molecule has 116 valence electrons. The van der Waals surface area contributed by atoms with Crippen LogP contribution in [-0.4, -0.2) is 23.2 Å². The molecule has 6 heteroatoms. The molecule has 1 aromatic rings. The topological polar surface area (TPSA) is 40.5 Å². The number of carboxylic acids is 1. The van der Waals surface area contributed by atoms with E-state index in [-0.39, 0.29) is 17.6 Å². The number of carboxylic acid groups (broad SMARTS) is 1. The third-order valence-electron chi connectivity index (χ3n) is 4.03. The number of hydrogen-bond donors (Lipinski definition) is 1. The molecule has 2 rings (SSSR count). The molecule has 1 aliphatic rings. The minimum Gasteiger partial charge on any atom is -0.478 e. The van der Waals surface area contributed by atoms with E-state index < -0.39 is 17.7 Å². The van der Waals surface area contributed by atoms with Crippen LogP contribution in [0.5, 0.6) is 0 Å². The van der Waals surface area contributed by atoms with Gasteiger partial charge in [-0.1, -0.05) is 0 Å². The van der Waals surface area contributed by atoms with Crippen molar-refractivity contribution in [3.8, 4) is 0 Å². The van der Waals surface area contributed by atoms with Gasteiger partial charge in [0.2, 0.25) is 0 Å². The van der Waals surface area contributed by atoms with Crippen molar-refractivity contribution in [1.29, 1.82) is 0 Å². The monoisotopic (exact) mass is 301 g/mol. The van der Waals surface area contributed by atoms with Gasteiger partial charge in [0, 0.05) is 12.1 Å². The highest BCUT2D eigenvalue weighted by atomic mass is 19.4. The minimum atomic E-state index is -4.54. The molecule has 0 radical (unpaired) electrons. The average Bonchev–Trinajstić information content (AvgIpc) is 2.37. The summed E-state index contributed by atoms with van der Waals surface area (Å²) in [6, 6.07) is 3.19. The molecule has 1 aromatic carbocycles. The molecule has 0 unspecified atom stereocenters. The Balaban J connectivity index is 2.50. The first-order valence-electron chi connectivity index (χ1n) is 6.94. The quantitative estimate of drug-likeness (QED) is 0.891. The molecule has 0 bridgehead atoms. The summed E-state index contributed by atoms with van der Waals surface area (Å²) in [5.74, 6) is -1.33. The Morgan fingerprint density at radius 3 is 2.29 bits per heavy atom. The van der Waals surface area contributed by atoms with Crippen molar-refractivity contribution >= 4 is 11.7 Å². The number of rotatable bonds is 2. The molecule has 1 N–H and O–H groups in total. The van der Waals surface area contributed by atoms with Crippen molar-refractivity contribution in [3.63, 3.8) is 0 Å². The number of halogens is 3. The fourth-order valence-corrected chi connectivity index (χ4v) is 3.00. The van der Waals surface area contributed by atoms with E-state index in [1.54, 1.807) is 0 Å². The van der Waals surface area contributed by atoms with Gasteiger partial charge in [-0.05, 0) is 51.3 Å². The van der Waals surface area contributed by atoms with Gasteiger partial charge in [0.15, 0.2) is 0 Å². The zero-order chi connectivity index (χ0) is 15.8. The van der Waals surface area contributed by atoms with Crippen LogP contribution in [0.1, 0.15) is 49.0 Å². The molecule has 1 saturated heterocycles. The summed E-state index contributed by atoms with van der Waals surface area (Å²) in [6.07, 6.45) is -1.68. The highest BCUT2D eigenvalue weighted by molar-refractivity contribution is 5.95. The van der Waals surface area contributed by atoms with E-state index in [4.69, 9.17) is 0 Å². The van der Waals surface area contributed by atoms with Crippen LogP contribution < -0.4 is 4.90 Å². The Kier molecular flexibility index (Phi) is 4.16. The predicted octanol–water partition coefficient (Wildman–Crippen LogP) is 4.17. The number of benzene rings is 1. The highest BCUT2D eigenvalue weighted by Gasteiger charge is 2.34. The first-order valence-corrected chi connectivity index (χ1v) is 6.94. The summed E-state index contributed by atoms with van der Waals surface area (Å²) >= 11 is 0. The van der Waals surface area contributed by atoms with E-state index in [2.05, 4.69) is 0 Å². The summed E-state index contributed by atoms with van der Waals surface area (Å²) in [7, 11) is 0. The molecule has 0 saturated carbocycles. The summed E-state index contributed by atoms with van der Waals surface area (Å²) in [4.78, 5) is 13.3. The molecule has 1 aliphatic heterocycles. The third-order valence-corrected chi connectivity index (χ3v) is 4.03. The Labute approximate surface area is 121 Å². The molecule has 0 aliphatic carbocycles.